The molecule has 1 aliphatic heterocycles. The number of hydrogen-bond acceptors (Lipinski definition) is 6. The van der Waals surface area contributed by atoms with Gasteiger partial charge in [0, 0.05) is 29.7 Å². The van der Waals surface area contributed by atoms with Crippen LogP contribution in [0, 0.1) is 0 Å². The monoisotopic (exact) mass is 444 g/mol. The highest BCUT2D eigenvalue weighted by atomic mass is 16.5. The molecular formula is C26H24N2O5. The zero-order valence-corrected chi connectivity index (χ0v) is 18.6. The van der Waals surface area contributed by atoms with Crippen molar-refractivity contribution in [1.29, 1.82) is 0 Å². The van der Waals surface area contributed by atoms with Crippen LogP contribution in [0.3, 0.4) is 0 Å². The summed E-state index contributed by atoms with van der Waals surface area (Å²) in [4.78, 5) is 31.8. The molecule has 0 aliphatic carbocycles. The predicted octanol–water partition coefficient (Wildman–Crippen LogP) is 4.50. The molecule has 7 heteroatoms. The van der Waals surface area contributed by atoms with Gasteiger partial charge in [0.1, 0.15) is 17.3 Å². The van der Waals surface area contributed by atoms with E-state index in [4.69, 9.17) is 9.47 Å². The quantitative estimate of drug-likeness (QED) is 0.342. The third-order valence-electron chi connectivity index (χ3n) is 5.30. The van der Waals surface area contributed by atoms with E-state index in [9.17, 15) is 14.7 Å². The summed E-state index contributed by atoms with van der Waals surface area (Å²) in [5, 5.41) is 11.2. The van der Waals surface area contributed by atoms with Crippen LogP contribution >= 0.6 is 0 Å². The van der Waals surface area contributed by atoms with Crippen molar-refractivity contribution in [1.82, 2.24) is 4.98 Å². The van der Waals surface area contributed by atoms with E-state index in [2.05, 4.69) is 4.98 Å². The van der Waals surface area contributed by atoms with E-state index in [0.29, 0.717) is 28.3 Å². The van der Waals surface area contributed by atoms with Gasteiger partial charge in [-0.3, -0.25) is 19.5 Å². The van der Waals surface area contributed by atoms with Gasteiger partial charge in [-0.05, 0) is 67.9 Å². The average Bonchev–Trinajstić information content (AvgIpc) is 3.10. The molecule has 168 valence electrons. The lowest BCUT2D eigenvalue weighted by Crippen LogP contribution is -2.29. The number of ether oxygens (including phenoxy) is 2. The third kappa shape index (κ3) is 4.30. The number of nitrogens with zero attached hydrogens (tertiary/aromatic N) is 2. The van der Waals surface area contributed by atoms with E-state index < -0.39 is 17.7 Å². The zero-order valence-electron chi connectivity index (χ0n) is 18.6. The van der Waals surface area contributed by atoms with Crippen LogP contribution in [0.1, 0.15) is 31.0 Å². The molecule has 3 aromatic rings. The molecule has 33 heavy (non-hydrogen) atoms. The lowest BCUT2D eigenvalue weighted by Gasteiger charge is -2.25. The molecule has 1 unspecified atom stereocenters. The number of carbonyl (C=O) groups excluding carboxylic acids is 2. The first-order valence-corrected chi connectivity index (χ1v) is 10.5. The summed E-state index contributed by atoms with van der Waals surface area (Å²) in [7, 11) is 1.53. The summed E-state index contributed by atoms with van der Waals surface area (Å²) in [6.07, 6.45) is 3.17. The molecule has 0 radical (unpaired) electrons. The van der Waals surface area contributed by atoms with Crippen molar-refractivity contribution in [3.63, 3.8) is 0 Å². The number of benzene rings is 2. The van der Waals surface area contributed by atoms with Gasteiger partial charge in [-0.25, -0.2) is 0 Å². The number of hydrogen-bond donors (Lipinski definition) is 1. The fourth-order valence-corrected chi connectivity index (χ4v) is 3.84. The number of aromatic nitrogens is 1. The topological polar surface area (TPSA) is 89.0 Å². The largest absolute Gasteiger partial charge is 0.507 e. The van der Waals surface area contributed by atoms with Gasteiger partial charge in [-0.1, -0.05) is 6.07 Å². The van der Waals surface area contributed by atoms with E-state index in [0.717, 1.165) is 0 Å². The van der Waals surface area contributed by atoms with E-state index in [1.54, 1.807) is 73.1 Å². The molecule has 1 fully saturated rings. The van der Waals surface area contributed by atoms with E-state index in [-0.39, 0.29) is 17.4 Å². The first kappa shape index (κ1) is 22.1. The molecule has 2 heterocycles. The van der Waals surface area contributed by atoms with Crippen LogP contribution in [-0.4, -0.2) is 35.0 Å². The van der Waals surface area contributed by atoms with Crippen LogP contribution in [0.15, 0.2) is 78.6 Å². The van der Waals surface area contributed by atoms with Crippen molar-refractivity contribution < 1.29 is 24.2 Å². The van der Waals surface area contributed by atoms with Crippen molar-refractivity contribution in [2.75, 3.05) is 12.0 Å². The number of ketones is 1. The molecule has 0 spiro atoms. The Labute approximate surface area is 191 Å². The number of amides is 1. The molecule has 1 atom stereocenters. The van der Waals surface area contributed by atoms with Gasteiger partial charge >= 0.3 is 0 Å². The number of methoxy groups -OCH3 is 1. The van der Waals surface area contributed by atoms with Gasteiger partial charge in [0.25, 0.3) is 11.7 Å². The van der Waals surface area contributed by atoms with Gasteiger partial charge in [-0.2, -0.15) is 0 Å². The number of aliphatic hydroxyl groups excluding tert-OH is 1. The second-order valence-corrected chi connectivity index (χ2v) is 7.84. The molecule has 0 bridgehead atoms. The molecule has 1 saturated heterocycles. The van der Waals surface area contributed by atoms with Gasteiger partial charge in [0.2, 0.25) is 0 Å². The van der Waals surface area contributed by atoms with E-state index in [1.807, 2.05) is 13.8 Å². The van der Waals surface area contributed by atoms with Crippen molar-refractivity contribution in [2.24, 2.45) is 0 Å². The molecule has 2 aromatic carbocycles. The summed E-state index contributed by atoms with van der Waals surface area (Å²) < 4.78 is 10.9. The molecule has 4 rings (SSSR count). The number of pyridine rings is 1. The second kappa shape index (κ2) is 9.16. The number of anilines is 1. The minimum Gasteiger partial charge on any atom is -0.507 e. The summed E-state index contributed by atoms with van der Waals surface area (Å²) in [5.41, 5.74) is 1.55. The number of Topliss-reactive ketones (excluding diaryl/α,β-unsaturated/α-hetero) is 1. The summed E-state index contributed by atoms with van der Waals surface area (Å²) in [6.45, 7) is 3.84. The Bertz CT molecular complexity index is 1200. The number of rotatable bonds is 6. The summed E-state index contributed by atoms with van der Waals surface area (Å²) in [5.74, 6) is -0.560. The minimum absolute atomic E-state index is 0.00401. The fraction of sp³-hybridized carbons (Fsp3) is 0.192. The summed E-state index contributed by atoms with van der Waals surface area (Å²) in [6, 6.07) is 16.3. The highest BCUT2D eigenvalue weighted by molar-refractivity contribution is 6.51. The van der Waals surface area contributed by atoms with E-state index >= 15 is 0 Å². The fourth-order valence-electron chi connectivity index (χ4n) is 3.84. The van der Waals surface area contributed by atoms with E-state index in [1.165, 1.54) is 12.0 Å². The molecular weight excluding hydrogens is 420 g/mol. The molecule has 1 N–H and O–H groups in total. The first-order valence-electron chi connectivity index (χ1n) is 10.5. The number of carbonyl (C=O) groups is 2. The first-order chi connectivity index (χ1) is 15.9. The maximum Gasteiger partial charge on any atom is 0.300 e. The smallest absolute Gasteiger partial charge is 0.300 e. The van der Waals surface area contributed by atoms with Gasteiger partial charge < -0.3 is 14.6 Å². The average molecular weight is 444 g/mol. The highest BCUT2D eigenvalue weighted by Crippen LogP contribution is 2.42. The Morgan fingerprint density at radius 1 is 1.00 bits per heavy atom. The minimum atomic E-state index is -0.827. The maximum absolute atomic E-state index is 13.2. The Hall–Kier alpha value is -4.13. The standard InChI is InChI=1S/C26H24N2O5/c1-16(2)33-20-9-7-18(8-10-20)24(29)22-23(17-11-13-27-14-12-17)28(26(31)25(22)30)19-5-4-6-21(15-19)32-3/h4-16,23,29H,1-3H3/b24-22+. The van der Waals surface area contributed by atoms with Crippen molar-refractivity contribution in [3.8, 4) is 11.5 Å². The van der Waals surface area contributed by atoms with Crippen LogP contribution < -0.4 is 14.4 Å². The van der Waals surface area contributed by atoms with Gasteiger partial charge in [0.05, 0.1) is 24.8 Å². The van der Waals surface area contributed by atoms with Crippen LogP contribution in [0.2, 0.25) is 0 Å². The third-order valence-corrected chi connectivity index (χ3v) is 5.30. The van der Waals surface area contributed by atoms with Crippen LogP contribution in [-0.2, 0) is 9.59 Å². The Balaban J connectivity index is 1.85. The SMILES string of the molecule is COc1cccc(N2C(=O)C(=O)/C(=C(/O)c3ccc(OC(C)C)cc3)C2c2ccncc2)c1. The van der Waals surface area contributed by atoms with Crippen molar-refractivity contribution in [2.45, 2.75) is 26.0 Å². The lowest BCUT2D eigenvalue weighted by atomic mass is 9.95. The Morgan fingerprint density at radius 3 is 2.33 bits per heavy atom. The predicted molar refractivity (Wildman–Crippen MR) is 124 cm³/mol. The van der Waals surface area contributed by atoms with Crippen LogP contribution in [0.25, 0.3) is 5.76 Å². The van der Waals surface area contributed by atoms with Crippen LogP contribution in [0.5, 0.6) is 11.5 Å². The van der Waals surface area contributed by atoms with Gasteiger partial charge in [0.15, 0.2) is 0 Å². The molecule has 0 saturated carbocycles. The maximum atomic E-state index is 13.2. The molecule has 1 aromatic heterocycles. The van der Waals surface area contributed by atoms with Crippen molar-refractivity contribution >= 4 is 23.1 Å². The zero-order chi connectivity index (χ0) is 23.5. The normalized spacial score (nSPS) is 17.5. The molecule has 1 aliphatic rings. The molecule has 1 amide bonds. The number of aliphatic hydroxyl groups is 1. The highest BCUT2D eigenvalue weighted by Gasteiger charge is 2.47. The molecule has 7 nitrogen and oxygen atoms in total. The Morgan fingerprint density at radius 2 is 1.70 bits per heavy atom. The summed E-state index contributed by atoms with van der Waals surface area (Å²) >= 11 is 0. The second-order valence-electron chi connectivity index (χ2n) is 7.84. The Kier molecular flexibility index (Phi) is 6.13. The van der Waals surface area contributed by atoms with Gasteiger partial charge in [-0.15, -0.1) is 0 Å². The van der Waals surface area contributed by atoms with Crippen molar-refractivity contribution in [3.05, 3.63) is 89.8 Å². The lowest BCUT2D eigenvalue weighted by molar-refractivity contribution is -0.132. The van der Waals surface area contributed by atoms with Crippen LogP contribution in [0.4, 0.5) is 5.69 Å².